The molecule has 148 valence electrons. The van der Waals surface area contributed by atoms with Gasteiger partial charge in [0.2, 0.25) is 5.89 Å². The molecule has 28 heavy (non-hydrogen) atoms. The van der Waals surface area contributed by atoms with Crippen LogP contribution < -0.4 is 10.6 Å². The van der Waals surface area contributed by atoms with Crippen molar-refractivity contribution >= 4 is 11.7 Å². The van der Waals surface area contributed by atoms with E-state index in [2.05, 4.69) is 30.9 Å². The molecule has 3 aromatic heterocycles. The van der Waals surface area contributed by atoms with Crippen LogP contribution in [0.15, 0.2) is 29.0 Å². The number of carbonyl (C=O) groups excluding carboxylic acids is 1. The number of pyridine rings is 1. The van der Waals surface area contributed by atoms with E-state index >= 15 is 0 Å². The van der Waals surface area contributed by atoms with E-state index in [1.54, 1.807) is 16.8 Å². The normalized spacial score (nSPS) is 12.2. The van der Waals surface area contributed by atoms with Gasteiger partial charge in [0, 0.05) is 30.9 Å². The summed E-state index contributed by atoms with van der Waals surface area (Å²) >= 11 is 0. The molecular formula is C19H25N7O2. The molecule has 1 atom stereocenters. The van der Waals surface area contributed by atoms with Gasteiger partial charge in [-0.3, -0.25) is 9.48 Å². The van der Waals surface area contributed by atoms with Crippen molar-refractivity contribution in [2.45, 2.75) is 46.2 Å². The number of nitrogens with zero attached hydrogens (tertiary/aromatic N) is 5. The zero-order valence-electron chi connectivity index (χ0n) is 16.7. The molecule has 3 heterocycles. The van der Waals surface area contributed by atoms with Crippen molar-refractivity contribution in [3.8, 4) is 0 Å². The highest BCUT2D eigenvalue weighted by Gasteiger charge is 2.14. The Bertz CT molecular complexity index is 944. The van der Waals surface area contributed by atoms with Crippen LogP contribution in [0.4, 0.5) is 5.82 Å². The lowest BCUT2D eigenvalue weighted by atomic mass is 10.1. The van der Waals surface area contributed by atoms with E-state index in [0.717, 1.165) is 11.3 Å². The fourth-order valence-corrected chi connectivity index (χ4v) is 2.79. The molecule has 0 bridgehead atoms. The molecule has 9 nitrogen and oxygen atoms in total. The van der Waals surface area contributed by atoms with Crippen molar-refractivity contribution in [2.24, 2.45) is 7.05 Å². The Morgan fingerprint density at radius 3 is 2.64 bits per heavy atom. The number of aromatic nitrogens is 5. The Hall–Kier alpha value is -3.23. The van der Waals surface area contributed by atoms with Gasteiger partial charge in [0.15, 0.2) is 5.82 Å². The second-order valence-electron chi connectivity index (χ2n) is 7.03. The summed E-state index contributed by atoms with van der Waals surface area (Å²) in [5.74, 6) is 1.60. The van der Waals surface area contributed by atoms with Crippen LogP contribution in [0, 0.1) is 6.92 Å². The average molecular weight is 383 g/mol. The second-order valence-corrected chi connectivity index (χ2v) is 7.03. The maximum absolute atomic E-state index is 12.3. The third kappa shape index (κ3) is 4.54. The van der Waals surface area contributed by atoms with Gasteiger partial charge < -0.3 is 15.2 Å². The Labute approximate surface area is 163 Å². The molecule has 1 amide bonds. The van der Waals surface area contributed by atoms with E-state index in [1.807, 2.05) is 40.9 Å². The molecule has 0 radical (unpaired) electrons. The topological polar surface area (TPSA) is 111 Å². The average Bonchev–Trinajstić information content (AvgIpc) is 3.26. The van der Waals surface area contributed by atoms with Crippen LogP contribution in [-0.2, 0) is 13.6 Å². The maximum atomic E-state index is 12.3. The lowest BCUT2D eigenvalue weighted by Gasteiger charge is -2.14. The van der Waals surface area contributed by atoms with Gasteiger partial charge >= 0.3 is 0 Å². The molecular weight excluding hydrogens is 358 g/mol. The molecule has 0 saturated heterocycles. The number of hydrogen-bond acceptors (Lipinski definition) is 7. The number of carbonyl (C=O) groups is 1. The summed E-state index contributed by atoms with van der Waals surface area (Å²) in [4.78, 5) is 20.9. The van der Waals surface area contributed by atoms with Crippen LogP contribution in [0.25, 0.3) is 0 Å². The van der Waals surface area contributed by atoms with Crippen LogP contribution in [0.3, 0.4) is 0 Å². The standard InChI is InChI=1S/C19H25N7O2/c1-11(2)19-23-17(25-28-19)9-21-18(27)14-6-7-16(20-8-14)22-12(3)15-10-26(5)24-13(15)4/h6-8,10-12H,9H2,1-5H3,(H,20,22)(H,21,27). The molecule has 2 N–H and O–H groups in total. The van der Waals surface area contributed by atoms with Gasteiger partial charge in [0.1, 0.15) is 5.82 Å². The molecule has 0 fully saturated rings. The molecule has 3 rings (SSSR count). The Morgan fingerprint density at radius 1 is 1.29 bits per heavy atom. The van der Waals surface area contributed by atoms with Crippen LogP contribution in [0.5, 0.6) is 0 Å². The maximum Gasteiger partial charge on any atom is 0.253 e. The smallest absolute Gasteiger partial charge is 0.253 e. The summed E-state index contributed by atoms with van der Waals surface area (Å²) in [6.07, 6.45) is 3.52. The van der Waals surface area contributed by atoms with Gasteiger partial charge in [0.25, 0.3) is 5.91 Å². The van der Waals surface area contributed by atoms with Gasteiger partial charge in [-0.15, -0.1) is 0 Å². The minimum absolute atomic E-state index is 0.0502. The highest BCUT2D eigenvalue weighted by Crippen LogP contribution is 2.20. The number of aryl methyl sites for hydroxylation is 2. The summed E-state index contributed by atoms with van der Waals surface area (Å²) in [6.45, 7) is 8.15. The van der Waals surface area contributed by atoms with Gasteiger partial charge in [-0.05, 0) is 26.0 Å². The molecule has 1 unspecified atom stereocenters. The van der Waals surface area contributed by atoms with E-state index in [0.29, 0.717) is 23.1 Å². The Morgan fingerprint density at radius 2 is 2.07 bits per heavy atom. The number of hydrogen-bond donors (Lipinski definition) is 2. The fourth-order valence-electron chi connectivity index (χ4n) is 2.79. The lowest BCUT2D eigenvalue weighted by molar-refractivity contribution is 0.0949. The van der Waals surface area contributed by atoms with E-state index in [4.69, 9.17) is 4.52 Å². The van der Waals surface area contributed by atoms with E-state index in [1.165, 1.54) is 6.20 Å². The largest absolute Gasteiger partial charge is 0.363 e. The van der Waals surface area contributed by atoms with Crippen molar-refractivity contribution in [2.75, 3.05) is 5.32 Å². The SMILES string of the molecule is Cc1nn(C)cc1C(C)Nc1ccc(C(=O)NCc2noc(C(C)C)n2)cn1. The summed E-state index contributed by atoms with van der Waals surface area (Å²) in [6, 6.07) is 3.56. The predicted octanol–water partition coefficient (Wildman–Crippen LogP) is 2.73. The first-order valence-corrected chi connectivity index (χ1v) is 9.17. The van der Waals surface area contributed by atoms with E-state index in [9.17, 15) is 4.79 Å². The van der Waals surface area contributed by atoms with Gasteiger partial charge in [-0.2, -0.15) is 10.1 Å². The molecule has 0 spiro atoms. The molecule has 0 aromatic carbocycles. The highest BCUT2D eigenvalue weighted by molar-refractivity contribution is 5.93. The fraction of sp³-hybridized carbons (Fsp3) is 0.421. The lowest BCUT2D eigenvalue weighted by Crippen LogP contribution is -2.23. The van der Waals surface area contributed by atoms with Crippen molar-refractivity contribution in [3.05, 3.63) is 53.1 Å². The van der Waals surface area contributed by atoms with Crippen molar-refractivity contribution in [3.63, 3.8) is 0 Å². The van der Waals surface area contributed by atoms with Gasteiger partial charge in [0.05, 0.1) is 23.8 Å². The number of anilines is 1. The number of amides is 1. The highest BCUT2D eigenvalue weighted by atomic mass is 16.5. The van der Waals surface area contributed by atoms with Crippen LogP contribution >= 0.6 is 0 Å². The van der Waals surface area contributed by atoms with Crippen LogP contribution in [0.1, 0.15) is 66.1 Å². The molecule has 3 aromatic rings. The molecule has 9 heteroatoms. The van der Waals surface area contributed by atoms with Crippen LogP contribution in [0.2, 0.25) is 0 Å². The zero-order chi connectivity index (χ0) is 20.3. The second kappa shape index (κ2) is 8.20. The summed E-state index contributed by atoms with van der Waals surface area (Å²) in [5, 5.41) is 14.3. The first kappa shape index (κ1) is 19.5. The van der Waals surface area contributed by atoms with Crippen molar-refractivity contribution < 1.29 is 9.32 Å². The minimum atomic E-state index is -0.244. The first-order valence-electron chi connectivity index (χ1n) is 9.17. The van der Waals surface area contributed by atoms with E-state index < -0.39 is 0 Å². The molecule has 0 aliphatic carbocycles. The molecule has 0 aliphatic heterocycles. The third-order valence-electron chi connectivity index (χ3n) is 4.29. The van der Waals surface area contributed by atoms with Crippen molar-refractivity contribution in [1.29, 1.82) is 0 Å². The number of rotatable bonds is 7. The van der Waals surface area contributed by atoms with Crippen molar-refractivity contribution in [1.82, 2.24) is 30.2 Å². The molecule has 0 aliphatic rings. The zero-order valence-corrected chi connectivity index (χ0v) is 16.7. The summed E-state index contributed by atoms with van der Waals surface area (Å²) < 4.78 is 6.91. The van der Waals surface area contributed by atoms with Crippen LogP contribution in [-0.4, -0.2) is 30.8 Å². The van der Waals surface area contributed by atoms with Gasteiger partial charge in [-0.1, -0.05) is 19.0 Å². The quantitative estimate of drug-likeness (QED) is 0.645. The molecule has 0 saturated carbocycles. The minimum Gasteiger partial charge on any atom is -0.363 e. The van der Waals surface area contributed by atoms with E-state index in [-0.39, 0.29) is 24.4 Å². The monoisotopic (exact) mass is 383 g/mol. The van der Waals surface area contributed by atoms with Gasteiger partial charge in [-0.25, -0.2) is 4.98 Å². The summed E-state index contributed by atoms with van der Waals surface area (Å²) in [5.41, 5.74) is 2.54. The third-order valence-corrected chi connectivity index (χ3v) is 4.29. The summed E-state index contributed by atoms with van der Waals surface area (Å²) in [7, 11) is 1.90. The number of nitrogens with one attached hydrogen (secondary N) is 2. The predicted molar refractivity (Wildman–Crippen MR) is 104 cm³/mol. The first-order chi connectivity index (χ1) is 13.3. The Balaban J connectivity index is 1.57. The Kier molecular flexibility index (Phi) is 5.72.